The zero-order chi connectivity index (χ0) is 16.2. The van der Waals surface area contributed by atoms with Crippen molar-refractivity contribution in [2.24, 2.45) is 0 Å². The molecule has 5 heteroatoms. The lowest BCUT2D eigenvalue weighted by molar-refractivity contribution is 0.0924. The van der Waals surface area contributed by atoms with Gasteiger partial charge in [0.1, 0.15) is 6.61 Å². The van der Waals surface area contributed by atoms with E-state index in [1.165, 1.54) is 19.4 Å². The summed E-state index contributed by atoms with van der Waals surface area (Å²) >= 11 is 0. The summed E-state index contributed by atoms with van der Waals surface area (Å²) in [6, 6.07) is 15.3. The monoisotopic (exact) mass is 316 g/mol. The minimum Gasteiger partial charge on any atom is -0.320 e. The summed E-state index contributed by atoms with van der Waals surface area (Å²) in [5.41, 5.74) is 1.37. The van der Waals surface area contributed by atoms with Crippen LogP contribution in [-0.4, -0.2) is 31.5 Å². The zero-order valence-electron chi connectivity index (χ0n) is 12.5. The maximum Gasteiger partial charge on any atom is 0.197 e. The first-order chi connectivity index (χ1) is 10.4. The van der Waals surface area contributed by atoms with Crippen molar-refractivity contribution in [3.05, 3.63) is 71.3 Å². The lowest BCUT2D eigenvalue weighted by Gasteiger charge is -2.08. The number of carbonyl (C=O) groups is 2. The van der Waals surface area contributed by atoms with Gasteiger partial charge in [-0.05, 0) is 6.07 Å². The van der Waals surface area contributed by atoms with Gasteiger partial charge in [0.2, 0.25) is 0 Å². The highest BCUT2D eigenvalue weighted by Gasteiger charge is 2.15. The Labute approximate surface area is 129 Å². The SMILES string of the molecule is CP(C)(=O)OCC(=O)c1cccc(C(=O)c2ccccc2)c1. The summed E-state index contributed by atoms with van der Waals surface area (Å²) in [5, 5.41) is 0. The Kier molecular flexibility index (Phi) is 5.07. The molecule has 0 saturated heterocycles. The first kappa shape index (κ1) is 16.3. The fourth-order valence-corrected chi connectivity index (χ4v) is 2.32. The molecular weight excluding hydrogens is 299 g/mol. The van der Waals surface area contributed by atoms with E-state index in [1.807, 2.05) is 6.07 Å². The standard InChI is InChI=1S/C17H17O4P/c1-22(2,20)21-12-16(18)14-9-6-10-15(11-14)17(19)13-7-4-3-5-8-13/h3-11H,12H2,1-2H3. The molecule has 22 heavy (non-hydrogen) atoms. The van der Waals surface area contributed by atoms with Crippen LogP contribution in [0.4, 0.5) is 0 Å². The van der Waals surface area contributed by atoms with Crippen LogP contribution in [0.5, 0.6) is 0 Å². The van der Waals surface area contributed by atoms with E-state index in [-0.39, 0.29) is 18.2 Å². The fourth-order valence-electron chi connectivity index (χ4n) is 1.89. The maximum absolute atomic E-state index is 12.4. The molecule has 0 amide bonds. The van der Waals surface area contributed by atoms with Crippen LogP contribution in [0, 0.1) is 0 Å². The number of benzene rings is 2. The lowest BCUT2D eigenvalue weighted by atomic mass is 10.0. The molecule has 0 aliphatic carbocycles. The second-order valence-corrected chi connectivity index (χ2v) is 7.99. The summed E-state index contributed by atoms with van der Waals surface area (Å²) in [7, 11) is -2.71. The smallest absolute Gasteiger partial charge is 0.197 e. The number of hydrogen-bond acceptors (Lipinski definition) is 4. The van der Waals surface area contributed by atoms with Crippen LogP contribution in [0.25, 0.3) is 0 Å². The van der Waals surface area contributed by atoms with E-state index in [2.05, 4.69) is 0 Å². The van der Waals surface area contributed by atoms with Crippen LogP contribution < -0.4 is 0 Å². The average molecular weight is 316 g/mol. The predicted molar refractivity (Wildman–Crippen MR) is 86.1 cm³/mol. The van der Waals surface area contributed by atoms with E-state index in [4.69, 9.17) is 4.52 Å². The van der Waals surface area contributed by atoms with Crippen molar-refractivity contribution < 1.29 is 18.7 Å². The number of carbonyl (C=O) groups excluding carboxylic acids is 2. The van der Waals surface area contributed by atoms with E-state index < -0.39 is 7.37 Å². The first-order valence-corrected chi connectivity index (χ1v) is 9.31. The van der Waals surface area contributed by atoms with Crippen LogP contribution in [0.1, 0.15) is 26.3 Å². The van der Waals surface area contributed by atoms with Crippen LogP contribution in [0.15, 0.2) is 54.6 Å². The summed E-state index contributed by atoms with van der Waals surface area (Å²) in [6.07, 6.45) is 0. The van der Waals surface area contributed by atoms with Crippen molar-refractivity contribution in [3.8, 4) is 0 Å². The maximum atomic E-state index is 12.4. The molecule has 0 saturated carbocycles. The van der Waals surface area contributed by atoms with E-state index in [0.29, 0.717) is 16.7 Å². The Morgan fingerprint density at radius 1 is 0.909 bits per heavy atom. The number of hydrogen-bond donors (Lipinski definition) is 0. The van der Waals surface area contributed by atoms with Gasteiger partial charge in [0.25, 0.3) is 0 Å². The van der Waals surface area contributed by atoms with Crippen LogP contribution in [0.2, 0.25) is 0 Å². The molecule has 0 heterocycles. The van der Waals surface area contributed by atoms with Crippen molar-refractivity contribution in [2.45, 2.75) is 0 Å². The Bertz CT molecular complexity index is 731. The van der Waals surface area contributed by atoms with Crippen molar-refractivity contribution in [2.75, 3.05) is 19.9 Å². The van der Waals surface area contributed by atoms with Gasteiger partial charge < -0.3 is 4.52 Å². The Balaban J connectivity index is 2.18. The minimum atomic E-state index is -2.71. The molecule has 0 aromatic heterocycles. The molecule has 0 bridgehead atoms. The third kappa shape index (κ3) is 4.48. The van der Waals surface area contributed by atoms with Gasteiger partial charge in [-0.3, -0.25) is 14.2 Å². The molecule has 4 nitrogen and oxygen atoms in total. The van der Waals surface area contributed by atoms with Gasteiger partial charge >= 0.3 is 0 Å². The van der Waals surface area contributed by atoms with Crippen molar-refractivity contribution in [3.63, 3.8) is 0 Å². The molecule has 0 spiro atoms. The Hall–Kier alpha value is -2.03. The lowest BCUT2D eigenvalue weighted by Crippen LogP contribution is -2.09. The molecule has 2 aromatic rings. The fraction of sp³-hybridized carbons (Fsp3) is 0.176. The van der Waals surface area contributed by atoms with Crippen molar-refractivity contribution >= 4 is 18.9 Å². The summed E-state index contributed by atoms with van der Waals surface area (Å²) in [6.45, 7) is 2.65. The summed E-state index contributed by atoms with van der Waals surface area (Å²) in [5.74, 6) is -0.445. The highest BCUT2D eigenvalue weighted by Crippen LogP contribution is 2.37. The molecule has 2 rings (SSSR count). The molecule has 0 unspecified atom stereocenters. The van der Waals surface area contributed by atoms with Crippen LogP contribution >= 0.6 is 7.37 Å². The molecule has 0 aliphatic rings. The van der Waals surface area contributed by atoms with Crippen molar-refractivity contribution in [1.82, 2.24) is 0 Å². The predicted octanol–water partition coefficient (Wildman–Crippen LogP) is 3.65. The van der Waals surface area contributed by atoms with E-state index in [0.717, 1.165) is 0 Å². The minimum absolute atomic E-state index is 0.146. The quantitative estimate of drug-likeness (QED) is 0.603. The molecule has 0 radical (unpaired) electrons. The molecule has 114 valence electrons. The summed E-state index contributed by atoms with van der Waals surface area (Å²) < 4.78 is 16.5. The Morgan fingerprint density at radius 3 is 2.14 bits per heavy atom. The van der Waals surface area contributed by atoms with E-state index >= 15 is 0 Å². The van der Waals surface area contributed by atoms with E-state index in [1.54, 1.807) is 42.5 Å². The number of rotatable bonds is 6. The normalized spacial score (nSPS) is 11.2. The average Bonchev–Trinajstić information content (AvgIpc) is 2.52. The molecule has 0 fully saturated rings. The third-order valence-corrected chi connectivity index (χ3v) is 3.74. The molecular formula is C17H17O4P. The van der Waals surface area contributed by atoms with Crippen molar-refractivity contribution in [1.29, 1.82) is 0 Å². The summed E-state index contributed by atoms with van der Waals surface area (Å²) in [4.78, 5) is 24.4. The van der Waals surface area contributed by atoms with Gasteiger partial charge in [-0.1, -0.05) is 48.5 Å². The highest BCUT2D eigenvalue weighted by atomic mass is 31.2. The molecule has 0 N–H and O–H groups in total. The largest absolute Gasteiger partial charge is 0.320 e. The van der Waals surface area contributed by atoms with Gasteiger partial charge in [0.15, 0.2) is 18.9 Å². The van der Waals surface area contributed by atoms with Gasteiger partial charge in [-0.15, -0.1) is 0 Å². The van der Waals surface area contributed by atoms with Gasteiger partial charge in [-0.25, -0.2) is 0 Å². The molecule has 2 aromatic carbocycles. The third-order valence-electron chi connectivity index (χ3n) is 2.99. The number of Topliss-reactive ketones (excluding diaryl/α,β-unsaturated/α-hetero) is 1. The zero-order valence-corrected chi connectivity index (χ0v) is 13.4. The second kappa shape index (κ2) is 6.82. The van der Waals surface area contributed by atoms with Gasteiger partial charge in [0.05, 0.1) is 0 Å². The number of ketones is 2. The molecule has 0 aliphatic heterocycles. The van der Waals surface area contributed by atoms with Crippen LogP contribution in [0.3, 0.4) is 0 Å². The Morgan fingerprint density at radius 2 is 1.50 bits per heavy atom. The molecule has 0 atom stereocenters. The van der Waals surface area contributed by atoms with Crippen LogP contribution in [-0.2, 0) is 9.09 Å². The first-order valence-electron chi connectivity index (χ1n) is 6.79. The highest BCUT2D eigenvalue weighted by molar-refractivity contribution is 7.57. The van der Waals surface area contributed by atoms with E-state index in [9.17, 15) is 14.2 Å². The topological polar surface area (TPSA) is 60.4 Å². The van der Waals surface area contributed by atoms with Gasteiger partial charge in [-0.2, -0.15) is 0 Å². The second-order valence-electron chi connectivity index (χ2n) is 5.22. The van der Waals surface area contributed by atoms with Gasteiger partial charge in [0, 0.05) is 30.0 Å².